The quantitative estimate of drug-likeness (QED) is 0.742. The number of ether oxygens (including phenoxy) is 1. The molecule has 5 nitrogen and oxygen atoms in total. The van der Waals surface area contributed by atoms with Crippen LogP contribution < -0.4 is 10.2 Å². The van der Waals surface area contributed by atoms with E-state index in [9.17, 15) is 0 Å². The molecule has 0 saturated heterocycles. The Labute approximate surface area is 122 Å². The molecule has 0 radical (unpaired) electrons. The van der Waals surface area contributed by atoms with Gasteiger partial charge in [0.25, 0.3) is 0 Å². The Balaban J connectivity index is 3.02. The maximum Gasteiger partial charge on any atom is 0.137 e. The van der Waals surface area contributed by atoms with Gasteiger partial charge in [0.15, 0.2) is 0 Å². The van der Waals surface area contributed by atoms with E-state index in [1.165, 1.54) is 0 Å². The molecule has 20 heavy (non-hydrogen) atoms. The molecule has 0 saturated carbocycles. The van der Waals surface area contributed by atoms with Gasteiger partial charge in [0, 0.05) is 38.2 Å². The molecule has 0 atom stereocenters. The van der Waals surface area contributed by atoms with Crippen molar-refractivity contribution in [2.24, 2.45) is 0 Å². The van der Waals surface area contributed by atoms with Gasteiger partial charge in [-0.2, -0.15) is 0 Å². The fourth-order valence-corrected chi connectivity index (χ4v) is 1.94. The van der Waals surface area contributed by atoms with Crippen molar-refractivity contribution in [3.8, 4) is 0 Å². The average Bonchev–Trinajstić information content (AvgIpc) is 2.41. The zero-order valence-corrected chi connectivity index (χ0v) is 13.7. The molecule has 1 aromatic heterocycles. The molecule has 0 bridgehead atoms. The summed E-state index contributed by atoms with van der Waals surface area (Å²) in [6.07, 6.45) is 0. The first-order valence-electron chi connectivity index (χ1n) is 7.42. The summed E-state index contributed by atoms with van der Waals surface area (Å²) >= 11 is 0. The molecule has 0 aliphatic rings. The number of aromatic nitrogens is 2. The predicted molar refractivity (Wildman–Crippen MR) is 84.8 cm³/mol. The minimum absolute atomic E-state index is 0.312. The van der Waals surface area contributed by atoms with Crippen LogP contribution in [0.1, 0.15) is 45.0 Å². The number of anilines is 2. The van der Waals surface area contributed by atoms with Crippen molar-refractivity contribution >= 4 is 11.6 Å². The van der Waals surface area contributed by atoms with Gasteiger partial charge in [-0.3, -0.25) is 0 Å². The largest absolute Gasteiger partial charge is 0.380 e. The van der Waals surface area contributed by atoms with Crippen LogP contribution >= 0.6 is 0 Å². The average molecular weight is 280 g/mol. The van der Waals surface area contributed by atoms with Gasteiger partial charge in [-0.25, -0.2) is 9.97 Å². The first-order valence-corrected chi connectivity index (χ1v) is 7.42. The molecule has 0 fully saturated rings. The third-order valence-corrected chi connectivity index (χ3v) is 3.13. The highest BCUT2D eigenvalue weighted by atomic mass is 16.5. The van der Waals surface area contributed by atoms with Crippen LogP contribution in [0, 0.1) is 6.92 Å². The highest BCUT2D eigenvalue weighted by Gasteiger charge is 2.15. The minimum Gasteiger partial charge on any atom is -0.380 e. The zero-order valence-electron chi connectivity index (χ0n) is 13.7. The molecule has 1 N–H and O–H groups in total. The highest BCUT2D eigenvalue weighted by molar-refractivity contribution is 5.58. The molecule has 0 aromatic carbocycles. The van der Waals surface area contributed by atoms with Crippen molar-refractivity contribution in [3.63, 3.8) is 0 Å². The molecule has 114 valence electrons. The summed E-state index contributed by atoms with van der Waals surface area (Å²) in [5, 5.41) is 3.32. The van der Waals surface area contributed by atoms with Gasteiger partial charge in [-0.15, -0.1) is 0 Å². The molecule has 0 spiro atoms. The number of likely N-dealkylation sites (N-methyl/N-ethyl adjacent to an activating group) is 1. The lowest BCUT2D eigenvalue weighted by molar-refractivity contribution is 0.154. The predicted octanol–water partition coefficient (Wildman–Crippen LogP) is 2.81. The summed E-state index contributed by atoms with van der Waals surface area (Å²) in [5.74, 6) is 3.11. The fraction of sp³-hybridized carbons (Fsp3) is 0.733. The van der Waals surface area contributed by atoms with Gasteiger partial charge in [0.05, 0.1) is 6.61 Å². The fourth-order valence-electron chi connectivity index (χ4n) is 1.94. The Morgan fingerprint density at radius 2 is 1.95 bits per heavy atom. The molecular weight excluding hydrogens is 252 g/mol. The van der Waals surface area contributed by atoms with Crippen LogP contribution in [0.25, 0.3) is 0 Å². The molecule has 1 rings (SSSR count). The zero-order chi connectivity index (χ0) is 15.1. The topological polar surface area (TPSA) is 50.3 Å². The van der Waals surface area contributed by atoms with Gasteiger partial charge < -0.3 is 15.0 Å². The molecule has 0 amide bonds. The summed E-state index contributed by atoms with van der Waals surface area (Å²) in [6, 6.07) is 0. The molecule has 0 unspecified atom stereocenters. The van der Waals surface area contributed by atoms with Crippen molar-refractivity contribution in [2.75, 3.05) is 43.6 Å². The van der Waals surface area contributed by atoms with Crippen LogP contribution in [0.5, 0.6) is 0 Å². The molecule has 1 heterocycles. The SMILES string of the molecule is CCNc1nc(C(C)C)nc(N(C)CCOCC)c1C. The number of hydrogen-bond donors (Lipinski definition) is 1. The first kappa shape index (κ1) is 16.7. The Kier molecular flexibility index (Phi) is 6.71. The molecule has 5 heteroatoms. The number of nitrogens with one attached hydrogen (secondary N) is 1. The maximum atomic E-state index is 5.42. The summed E-state index contributed by atoms with van der Waals surface area (Å²) in [6.45, 7) is 13.5. The van der Waals surface area contributed by atoms with Crippen molar-refractivity contribution in [3.05, 3.63) is 11.4 Å². The van der Waals surface area contributed by atoms with Gasteiger partial charge >= 0.3 is 0 Å². The minimum atomic E-state index is 0.312. The third kappa shape index (κ3) is 4.34. The monoisotopic (exact) mass is 280 g/mol. The Hall–Kier alpha value is -1.36. The molecule has 1 aromatic rings. The number of rotatable bonds is 8. The van der Waals surface area contributed by atoms with Gasteiger partial charge in [0.1, 0.15) is 17.5 Å². The van der Waals surface area contributed by atoms with E-state index < -0.39 is 0 Å². The summed E-state index contributed by atoms with van der Waals surface area (Å²) in [7, 11) is 2.05. The van der Waals surface area contributed by atoms with Crippen LogP contribution in [-0.2, 0) is 4.74 Å². The first-order chi connectivity index (χ1) is 9.51. The Morgan fingerprint density at radius 1 is 1.25 bits per heavy atom. The third-order valence-electron chi connectivity index (χ3n) is 3.13. The summed E-state index contributed by atoms with van der Waals surface area (Å²) in [5.41, 5.74) is 1.09. The van der Waals surface area contributed by atoms with Crippen molar-refractivity contribution in [2.45, 2.75) is 40.5 Å². The van der Waals surface area contributed by atoms with E-state index in [2.05, 4.69) is 42.9 Å². The lowest BCUT2D eigenvalue weighted by atomic mass is 10.2. The molecule has 0 aliphatic heterocycles. The Morgan fingerprint density at radius 3 is 2.50 bits per heavy atom. The van der Waals surface area contributed by atoms with Crippen molar-refractivity contribution < 1.29 is 4.74 Å². The van der Waals surface area contributed by atoms with Gasteiger partial charge in [0.2, 0.25) is 0 Å². The van der Waals surface area contributed by atoms with E-state index in [-0.39, 0.29) is 0 Å². The lowest BCUT2D eigenvalue weighted by Gasteiger charge is -2.23. The van der Waals surface area contributed by atoms with Crippen LogP contribution in [0.3, 0.4) is 0 Å². The normalized spacial score (nSPS) is 10.9. The van der Waals surface area contributed by atoms with Crippen LogP contribution in [-0.4, -0.2) is 43.3 Å². The van der Waals surface area contributed by atoms with E-state index in [0.717, 1.165) is 42.7 Å². The van der Waals surface area contributed by atoms with E-state index in [1.807, 2.05) is 14.0 Å². The van der Waals surface area contributed by atoms with E-state index in [4.69, 9.17) is 9.72 Å². The van der Waals surface area contributed by atoms with Crippen LogP contribution in [0.4, 0.5) is 11.6 Å². The highest BCUT2D eigenvalue weighted by Crippen LogP contribution is 2.25. The lowest BCUT2D eigenvalue weighted by Crippen LogP contribution is -2.25. The van der Waals surface area contributed by atoms with E-state index in [0.29, 0.717) is 12.5 Å². The molecular formula is C15H28N4O. The maximum absolute atomic E-state index is 5.42. The second kappa shape index (κ2) is 8.04. The Bertz CT molecular complexity index is 421. The van der Waals surface area contributed by atoms with Gasteiger partial charge in [-0.1, -0.05) is 13.8 Å². The smallest absolute Gasteiger partial charge is 0.137 e. The van der Waals surface area contributed by atoms with E-state index >= 15 is 0 Å². The van der Waals surface area contributed by atoms with Crippen LogP contribution in [0.15, 0.2) is 0 Å². The van der Waals surface area contributed by atoms with Crippen molar-refractivity contribution in [1.82, 2.24) is 9.97 Å². The number of hydrogen-bond acceptors (Lipinski definition) is 5. The summed E-state index contributed by atoms with van der Waals surface area (Å²) < 4.78 is 5.42. The molecule has 0 aliphatic carbocycles. The van der Waals surface area contributed by atoms with Crippen LogP contribution in [0.2, 0.25) is 0 Å². The summed E-state index contributed by atoms with van der Waals surface area (Å²) in [4.78, 5) is 11.5. The van der Waals surface area contributed by atoms with Gasteiger partial charge in [-0.05, 0) is 20.8 Å². The van der Waals surface area contributed by atoms with E-state index in [1.54, 1.807) is 0 Å². The number of nitrogens with zero attached hydrogens (tertiary/aromatic N) is 3. The second-order valence-electron chi connectivity index (χ2n) is 5.18. The standard InChI is InChI=1S/C15H28N4O/c1-7-16-14-12(5)15(18-13(17-14)11(3)4)19(6)9-10-20-8-2/h11H,7-10H2,1-6H3,(H,16,17,18). The second-order valence-corrected chi connectivity index (χ2v) is 5.18. The van der Waals surface area contributed by atoms with Crippen molar-refractivity contribution in [1.29, 1.82) is 0 Å².